The normalized spacial score (nSPS) is 16.7. The van der Waals surface area contributed by atoms with Crippen LogP contribution in [0.4, 0.5) is 0 Å². The molecule has 27 heavy (non-hydrogen) atoms. The number of methoxy groups -OCH3 is 1. The van der Waals surface area contributed by atoms with E-state index in [9.17, 15) is 0 Å². The van der Waals surface area contributed by atoms with Gasteiger partial charge in [-0.1, -0.05) is 15.9 Å². The number of guanidine groups is 1. The first kappa shape index (κ1) is 24.5. The number of ether oxygens (including phenoxy) is 3. The van der Waals surface area contributed by atoms with Crippen LogP contribution in [0.25, 0.3) is 0 Å². The molecule has 0 bridgehead atoms. The number of hydrogen-bond donors (Lipinski definition) is 2. The molecule has 1 aromatic rings. The van der Waals surface area contributed by atoms with Crippen LogP contribution in [0.3, 0.4) is 0 Å². The highest BCUT2D eigenvalue weighted by atomic mass is 127. The summed E-state index contributed by atoms with van der Waals surface area (Å²) in [6, 6.07) is 5.95. The van der Waals surface area contributed by atoms with Crippen LogP contribution in [0.5, 0.6) is 5.75 Å². The van der Waals surface area contributed by atoms with Crippen molar-refractivity contribution in [1.29, 1.82) is 0 Å². The summed E-state index contributed by atoms with van der Waals surface area (Å²) < 4.78 is 17.5. The second-order valence-corrected chi connectivity index (χ2v) is 7.15. The van der Waals surface area contributed by atoms with E-state index < -0.39 is 0 Å². The van der Waals surface area contributed by atoms with Gasteiger partial charge < -0.3 is 24.8 Å². The van der Waals surface area contributed by atoms with Crippen molar-refractivity contribution in [2.24, 2.45) is 10.9 Å². The average molecular weight is 556 g/mol. The maximum Gasteiger partial charge on any atom is 0.191 e. The number of hydrogen-bond acceptors (Lipinski definition) is 4. The Bertz CT molecular complexity index is 569. The average Bonchev–Trinajstić information content (AvgIpc) is 3.16. The Morgan fingerprint density at radius 1 is 1.37 bits per heavy atom. The number of nitrogens with one attached hydrogen (secondary N) is 2. The van der Waals surface area contributed by atoms with E-state index in [0.717, 1.165) is 74.1 Å². The Morgan fingerprint density at radius 3 is 2.93 bits per heavy atom. The van der Waals surface area contributed by atoms with E-state index in [1.807, 2.05) is 18.2 Å². The van der Waals surface area contributed by atoms with Crippen LogP contribution >= 0.6 is 39.9 Å². The van der Waals surface area contributed by atoms with E-state index >= 15 is 0 Å². The zero-order chi connectivity index (χ0) is 18.6. The van der Waals surface area contributed by atoms with Crippen LogP contribution in [0, 0.1) is 5.92 Å². The summed E-state index contributed by atoms with van der Waals surface area (Å²) in [6.07, 6.45) is 2.06. The van der Waals surface area contributed by atoms with Crippen molar-refractivity contribution in [2.45, 2.75) is 26.3 Å². The van der Waals surface area contributed by atoms with Gasteiger partial charge in [-0.25, -0.2) is 4.99 Å². The van der Waals surface area contributed by atoms with Crippen LogP contribution in [-0.2, 0) is 16.0 Å². The molecular formula is C19H31BrIN3O3. The van der Waals surface area contributed by atoms with E-state index in [4.69, 9.17) is 14.2 Å². The topological polar surface area (TPSA) is 64.1 Å². The van der Waals surface area contributed by atoms with Gasteiger partial charge in [0.1, 0.15) is 5.75 Å². The van der Waals surface area contributed by atoms with Crippen molar-refractivity contribution in [3.05, 3.63) is 28.2 Å². The fourth-order valence-corrected chi connectivity index (χ4v) is 3.13. The third-order valence-electron chi connectivity index (χ3n) is 4.13. The van der Waals surface area contributed by atoms with Crippen molar-refractivity contribution in [3.63, 3.8) is 0 Å². The Labute approximate surface area is 188 Å². The van der Waals surface area contributed by atoms with Gasteiger partial charge in [0.05, 0.1) is 26.9 Å². The molecule has 0 radical (unpaired) electrons. The minimum atomic E-state index is 0. The lowest BCUT2D eigenvalue weighted by molar-refractivity contribution is 0.0888. The van der Waals surface area contributed by atoms with Gasteiger partial charge in [-0.3, -0.25) is 0 Å². The summed E-state index contributed by atoms with van der Waals surface area (Å²) in [5.74, 6) is 2.22. The van der Waals surface area contributed by atoms with Gasteiger partial charge in [0.25, 0.3) is 0 Å². The van der Waals surface area contributed by atoms with E-state index in [1.54, 1.807) is 7.11 Å². The molecule has 1 atom stereocenters. The third-order valence-corrected chi connectivity index (χ3v) is 4.62. The summed E-state index contributed by atoms with van der Waals surface area (Å²) in [5, 5.41) is 6.62. The predicted octanol–water partition coefficient (Wildman–Crippen LogP) is 3.57. The number of rotatable bonds is 10. The van der Waals surface area contributed by atoms with Crippen molar-refractivity contribution < 1.29 is 14.2 Å². The molecule has 0 saturated carbocycles. The molecule has 0 spiro atoms. The summed E-state index contributed by atoms with van der Waals surface area (Å²) in [6.45, 7) is 7.52. The fraction of sp³-hybridized carbons (Fsp3) is 0.632. The first-order valence-electron chi connectivity index (χ1n) is 9.23. The Kier molecular flexibility index (Phi) is 13.1. The molecule has 1 heterocycles. The number of halogens is 2. The van der Waals surface area contributed by atoms with E-state index in [0.29, 0.717) is 12.5 Å². The molecule has 2 N–H and O–H groups in total. The summed E-state index contributed by atoms with van der Waals surface area (Å²) in [4.78, 5) is 4.65. The van der Waals surface area contributed by atoms with E-state index in [1.165, 1.54) is 0 Å². The lowest BCUT2D eigenvalue weighted by atomic mass is 10.1. The van der Waals surface area contributed by atoms with Crippen LogP contribution in [0.15, 0.2) is 27.7 Å². The van der Waals surface area contributed by atoms with Gasteiger partial charge in [-0.2, -0.15) is 0 Å². The van der Waals surface area contributed by atoms with Crippen molar-refractivity contribution in [2.75, 3.05) is 46.6 Å². The fourth-order valence-electron chi connectivity index (χ4n) is 2.72. The van der Waals surface area contributed by atoms with Crippen molar-refractivity contribution >= 4 is 45.9 Å². The van der Waals surface area contributed by atoms with Gasteiger partial charge >= 0.3 is 0 Å². The van der Waals surface area contributed by atoms with Gasteiger partial charge in [0.15, 0.2) is 5.96 Å². The van der Waals surface area contributed by atoms with Crippen LogP contribution in [0.1, 0.15) is 25.3 Å². The third kappa shape index (κ3) is 9.45. The Hall–Kier alpha value is -0.580. The highest BCUT2D eigenvalue weighted by Gasteiger charge is 2.15. The monoisotopic (exact) mass is 555 g/mol. The molecule has 1 aliphatic rings. The standard InChI is InChI=1S/C19H30BrN3O3.HI/c1-3-21-19(22-8-4-9-25-13-15-7-10-26-14-15)23-12-16-11-17(20)5-6-18(16)24-2;/h5-6,11,15H,3-4,7-10,12-14H2,1-2H3,(H2,21,22,23);1H. The van der Waals surface area contributed by atoms with E-state index in [-0.39, 0.29) is 24.0 Å². The highest BCUT2D eigenvalue weighted by molar-refractivity contribution is 14.0. The zero-order valence-electron chi connectivity index (χ0n) is 16.1. The largest absolute Gasteiger partial charge is 0.496 e. The van der Waals surface area contributed by atoms with Gasteiger partial charge in [-0.15, -0.1) is 24.0 Å². The second kappa shape index (κ2) is 14.4. The van der Waals surface area contributed by atoms with Crippen LogP contribution < -0.4 is 15.4 Å². The first-order valence-corrected chi connectivity index (χ1v) is 10.0. The lowest BCUT2D eigenvalue weighted by Gasteiger charge is -2.13. The first-order chi connectivity index (χ1) is 12.7. The predicted molar refractivity (Wildman–Crippen MR) is 123 cm³/mol. The summed E-state index contributed by atoms with van der Waals surface area (Å²) in [7, 11) is 1.68. The van der Waals surface area contributed by atoms with Crippen LogP contribution in [0.2, 0.25) is 0 Å². The molecule has 1 fully saturated rings. The molecule has 1 saturated heterocycles. The smallest absolute Gasteiger partial charge is 0.191 e. The number of benzene rings is 1. The minimum Gasteiger partial charge on any atom is -0.496 e. The maximum atomic E-state index is 5.73. The Morgan fingerprint density at radius 2 is 2.22 bits per heavy atom. The Balaban J connectivity index is 0.00000364. The molecule has 154 valence electrons. The van der Waals surface area contributed by atoms with Gasteiger partial charge in [-0.05, 0) is 38.0 Å². The molecule has 0 aliphatic carbocycles. The van der Waals surface area contributed by atoms with Crippen molar-refractivity contribution in [1.82, 2.24) is 10.6 Å². The molecule has 1 unspecified atom stereocenters. The molecule has 8 heteroatoms. The maximum absolute atomic E-state index is 5.73. The molecular weight excluding hydrogens is 525 g/mol. The molecule has 6 nitrogen and oxygen atoms in total. The molecule has 0 aromatic heterocycles. The van der Waals surface area contributed by atoms with Gasteiger partial charge in [0, 0.05) is 42.3 Å². The highest BCUT2D eigenvalue weighted by Crippen LogP contribution is 2.23. The van der Waals surface area contributed by atoms with Gasteiger partial charge in [0.2, 0.25) is 0 Å². The lowest BCUT2D eigenvalue weighted by Crippen LogP contribution is -2.38. The number of nitrogens with zero attached hydrogens (tertiary/aromatic N) is 1. The van der Waals surface area contributed by atoms with Crippen molar-refractivity contribution in [3.8, 4) is 5.75 Å². The summed E-state index contributed by atoms with van der Waals surface area (Å²) >= 11 is 3.50. The molecule has 1 aliphatic heterocycles. The molecule has 0 amide bonds. The molecule has 1 aromatic carbocycles. The van der Waals surface area contributed by atoms with E-state index in [2.05, 4.69) is 38.5 Å². The SMILES string of the molecule is CCNC(=NCc1cc(Br)ccc1OC)NCCCOCC1CCOC1.I. The summed E-state index contributed by atoms with van der Waals surface area (Å²) in [5.41, 5.74) is 1.04. The quantitative estimate of drug-likeness (QED) is 0.200. The number of aliphatic imine (C=N–C) groups is 1. The second-order valence-electron chi connectivity index (χ2n) is 6.24. The zero-order valence-corrected chi connectivity index (χ0v) is 20.0. The minimum absolute atomic E-state index is 0. The molecule has 2 rings (SSSR count). The van der Waals surface area contributed by atoms with Crippen LogP contribution in [-0.4, -0.2) is 52.6 Å².